The average molecular weight is 391 g/mol. The standard InChI is InChI=1S/C25H42O3/c1-4-5-6-18-7-9-19(10-8-18)20-11-13-21(14-12-20)22-15-16-25(2,23(26)17-22)24(27)28-3/h18-22H,4-17H2,1-3H3/t18-,19-,20?,21?,22?,25-/m0/s1. The summed E-state index contributed by atoms with van der Waals surface area (Å²) in [5.41, 5.74) is -0.890. The van der Waals surface area contributed by atoms with Crippen LogP contribution in [0, 0.1) is 35.0 Å². The van der Waals surface area contributed by atoms with Crippen LogP contribution < -0.4 is 0 Å². The summed E-state index contributed by atoms with van der Waals surface area (Å²) in [6.45, 7) is 4.09. The Labute approximate surface area is 172 Å². The van der Waals surface area contributed by atoms with Crippen LogP contribution in [0.4, 0.5) is 0 Å². The van der Waals surface area contributed by atoms with Gasteiger partial charge in [-0.15, -0.1) is 0 Å². The maximum atomic E-state index is 12.7. The highest BCUT2D eigenvalue weighted by atomic mass is 16.5. The van der Waals surface area contributed by atoms with Crippen LogP contribution in [0.5, 0.6) is 0 Å². The van der Waals surface area contributed by atoms with Gasteiger partial charge < -0.3 is 4.74 Å². The second kappa shape index (κ2) is 9.76. The lowest BCUT2D eigenvalue weighted by Crippen LogP contribution is -2.43. The molecule has 0 N–H and O–H groups in total. The number of esters is 1. The molecule has 1 unspecified atom stereocenters. The van der Waals surface area contributed by atoms with E-state index in [0.717, 1.165) is 24.2 Å². The number of methoxy groups -OCH3 is 1. The molecule has 0 amide bonds. The first-order valence-corrected chi connectivity index (χ1v) is 12.1. The van der Waals surface area contributed by atoms with Gasteiger partial charge in [0.2, 0.25) is 0 Å². The molecule has 0 aliphatic heterocycles. The molecule has 0 saturated heterocycles. The normalized spacial score (nSPS) is 39.5. The van der Waals surface area contributed by atoms with E-state index in [2.05, 4.69) is 6.92 Å². The summed E-state index contributed by atoms with van der Waals surface area (Å²) >= 11 is 0. The molecule has 0 aromatic rings. The number of unbranched alkanes of at least 4 members (excludes halogenated alkanes) is 1. The van der Waals surface area contributed by atoms with E-state index in [9.17, 15) is 9.59 Å². The van der Waals surface area contributed by atoms with E-state index in [1.54, 1.807) is 6.92 Å². The molecule has 0 heterocycles. The fourth-order valence-electron chi connectivity index (χ4n) is 6.55. The number of ketones is 1. The van der Waals surface area contributed by atoms with Crippen molar-refractivity contribution in [2.24, 2.45) is 35.0 Å². The largest absolute Gasteiger partial charge is 0.468 e. The van der Waals surface area contributed by atoms with Gasteiger partial charge in [-0.05, 0) is 87.9 Å². The summed E-state index contributed by atoms with van der Waals surface area (Å²) in [4.78, 5) is 24.7. The van der Waals surface area contributed by atoms with Gasteiger partial charge in [0, 0.05) is 6.42 Å². The summed E-state index contributed by atoms with van der Waals surface area (Å²) < 4.78 is 4.89. The molecule has 2 atom stereocenters. The third-order valence-electron chi connectivity index (χ3n) is 8.72. The zero-order valence-corrected chi connectivity index (χ0v) is 18.5. The lowest BCUT2D eigenvalue weighted by atomic mass is 9.62. The van der Waals surface area contributed by atoms with Crippen LogP contribution in [0.2, 0.25) is 0 Å². The van der Waals surface area contributed by atoms with Crippen LogP contribution in [-0.2, 0) is 14.3 Å². The Morgan fingerprint density at radius 2 is 1.46 bits per heavy atom. The molecule has 3 nitrogen and oxygen atoms in total. The van der Waals surface area contributed by atoms with Gasteiger partial charge in [-0.1, -0.05) is 39.0 Å². The van der Waals surface area contributed by atoms with Gasteiger partial charge in [0.15, 0.2) is 0 Å². The minimum Gasteiger partial charge on any atom is -0.468 e. The Morgan fingerprint density at radius 1 is 0.929 bits per heavy atom. The zero-order valence-electron chi connectivity index (χ0n) is 18.5. The molecule has 3 aliphatic carbocycles. The van der Waals surface area contributed by atoms with E-state index in [1.165, 1.54) is 77.7 Å². The van der Waals surface area contributed by atoms with Crippen LogP contribution in [-0.4, -0.2) is 18.9 Å². The zero-order chi connectivity index (χ0) is 20.1. The Balaban J connectivity index is 1.43. The molecule has 160 valence electrons. The number of hydrogen-bond donors (Lipinski definition) is 0. The van der Waals surface area contributed by atoms with Crippen molar-refractivity contribution in [1.82, 2.24) is 0 Å². The van der Waals surface area contributed by atoms with Gasteiger partial charge in [-0.3, -0.25) is 9.59 Å². The molecule has 0 bridgehead atoms. The predicted octanol–water partition coefficient (Wildman–Crippen LogP) is 6.34. The Kier molecular flexibility index (Phi) is 7.61. The van der Waals surface area contributed by atoms with E-state index in [0.29, 0.717) is 24.7 Å². The summed E-state index contributed by atoms with van der Waals surface area (Å²) in [5, 5.41) is 0. The fraction of sp³-hybridized carbons (Fsp3) is 0.920. The first-order valence-electron chi connectivity index (χ1n) is 12.1. The predicted molar refractivity (Wildman–Crippen MR) is 113 cm³/mol. The van der Waals surface area contributed by atoms with Crippen molar-refractivity contribution >= 4 is 11.8 Å². The molecule has 3 heteroatoms. The van der Waals surface area contributed by atoms with Crippen LogP contribution in [0.15, 0.2) is 0 Å². The van der Waals surface area contributed by atoms with Gasteiger partial charge >= 0.3 is 5.97 Å². The van der Waals surface area contributed by atoms with Gasteiger partial charge in [-0.25, -0.2) is 0 Å². The van der Waals surface area contributed by atoms with E-state index >= 15 is 0 Å². The topological polar surface area (TPSA) is 43.4 Å². The van der Waals surface area contributed by atoms with Gasteiger partial charge in [0.25, 0.3) is 0 Å². The van der Waals surface area contributed by atoms with E-state index in [1.807, 2.05) is 0 Å². The Morgan fingerprint density at radius 3 is 1.96 bits per heavy atom. The third kappa shape index (κ3) is 4.82. The highest BCUT2D eigenvalue weighted by molar-refractivity contribution is 6.03. The van der Waals surface area contributed by atoms with Crippen LogP contribution in [0.3, 0.4) is 0 Å². The minimum atomic E-state index is -0.890. The minimum absolute atomic E-state index is 0.114. The highest BCUT2D eigenvalue weighted by Crippen LogP contribution is 2.47. The molecular weight excluding hydrogens is 348 g/mol. The van der Waals surface area contributed by atoms with E-state index in [-0.39, 0.29) is 11.8 Å². The third-order valence-corrected chi connectivity index (χ3v) is 8.72. The average Bonchev–Trinajstić information content (AvgIpc) is 2.74. The molecule has 0 aromatic carbocycles. The molecule has 3 saturated carbocycles. The van der Waals surface area contributed by atoms with Crippen molar-refractivity contribution in [1.29, 1.82) is 0 Å². The number of carbonyl (C=O) groups is 2. The lowest BCUT2D eigenvalue weighted by molar-refractivity contribution is -0.160. The fourth-order valence-corrected chi connectivity index (χ4v) is 6.55. The summed E-state index contributed by atoms with van der Waals surface area (Å²) in [7, 11) is 1.39. The molecule has 3 rings (SSSR count). The van der Waals surface area contributed by atoms with Crippen molar-refractivity contribution in [2.75, 3.05) is 7.11 Å². The number of ether oxygens (including phenoxy) is 1. The highest BCUT2D eigenvalue weighted by Gasteiger charge is 2.47. The maximum Gasteiger partial charge on any atom is 0.319 e. The van der Waals surface area contributed by atoms with E-state index < -0.39 is 5.41 Å². The smallest absolute Gasteiger partial charge is 0.319 e. The van der Waals surface area contributed by atoms with Crippen LogP contribution >= 0.6 is 0 Å². The van der Waals surface area contributed by atoms with Crippen molar-refractivity contribution in [3.8, 4) is 0 Å². The van der Waals surface area contributed by atoms with E-state index in [4.69, 9.17) is 4.74 Å². The molecule has 3 aliphatic rings. The van der Waals surface area contributed by atoms with Gasteiger partial charge in [0.05, 0.1) is 7.11 Å². The molecule has 0 aromatic heterocycles. The number of hydrogen-bond acceptors (Lipinski definition) is 3. The Hall–Kier alpha value is -0.860. The molecular formula is C25H42O3. The summed E-state index contributed by atoms with van der Waals surface area (Å²) in [6.07, 6.45) is 17.7. The second-order valence-corrected chi connectivity index (χ2v) is 10.3. The number of Topliss-reactive ketones (excluding diaryl/α,β-unsaturated/α-hetero) is 1. The quantitative estimate of drug-likeness (QED) is 0.393. The molecule has 28 heavy (non-hydrogen) atoms. The first kappa shape index (κ1) is 21.8. The molecule has 3 fully saturated rings. The monoisotopic (exact) mass is 390 g/mol. The second-order valence-electron chi connectivity index (χ2n) is 10.3. The van der Waals surface area contributed by atoms with Crippen LogP contribution in [0.25, 0.3) is 0 Å². The van der Waals surface area contributed by atoms with Crippen molar-refractivity contribution in [2.45, 2.75) is 104 Å². The number of rotatable bonds is 6. The first-order chi connectivity index (χ1) is 13.5. The van der Waals surface area contributed by atoms with Crippen molar-refractivity contribution in [3.05, 3.63) is 0 Å². The SMILES string of the molecule is CCCC[C@H]1CC[C@H](C2CCC(C3CC[C@](C)(C(=O)OC)C(=O)C3)CC2)CC1. The summed E-state index contributed by atoms with van der Waals surface area (Å²) in [5.74, 6) is 3.87. The van der Waals surface area contributed by atoms with Crippen molar-refractivity contribution < 1.29 is 14.3 Å². The Bertz CT molecular complexity index is 526. The van der Waals surface area contributed by atoms with Gasteiger partial charge in [-0.2, -0.15) is 0 Å². The van der Waals surface area contributed by atoms with Gasteiger partial charge in [0.1, 0.15) is 11.2 Å². The maximum absolute atomic E-state index is 12.7. The summed E-state index contributed by atoms with van der Waals surface area (Å²) in [6, 6.07) is 0. The lowest BCUT2D eigenvalue weighted by Gasteiger charge is -2.42. The van der Waals surface area contributed by atoms with Crippen LogP contribution in [0.1, 0.15) is 104 Å². The van der Waals surface area contributed by atoms with Crippen molar-refractivity contribution in [3.63, 3.8) is 0 Å². The molecule has 0 radical (unpaired) electrons. The molecule has 0 spiro atoms. The number of carbonyl (C=O) groups excluding carboxylic acids is 2.